The van der Waals surface area contributed by atoms with Gasteiger partial charge in [0.15, 0.2) is 0 Å². The van der Waals surface area contributed by atoms with Crippen LogP contribution in [0.4, 0.5) is 0 Å². The van der Waals surface area contributed by atoms with Crippen LogP contribution in [0.15, 0.2) is 0 Å². The lowest BCUT2D eigenvalue weighted by Crippen LogP contribution is -2.14. The smallest absolute Gasteiger partial charge is 0.306 e. The zero-order valence-corrected chi connectivity index (χ0v) is 26.0. The van der Waals surface area contributed by atoms with Gasteiger partial charge in [-0.3, -0.25) is 4.79 Å². The summed E-state index contributed by atoms with van der Waals surface area (Å²) in [6, 6.07) is 0. The Morgan fingerprint density at radius 2 is 0.703 bits per heavy atom. The third-order valence-electron chi connectivity index (χ3n) is 8.56. The molecule has 0 aromatic rings. The Balaban J connectivity index is 3.53. The molecule has 0 fully saturated rings. The Labute approximate surface area is 234 Å². The Morgan fingerprint density at radius 3 is 1.05 bits per heavy atom. The van der Waals surface area contributed by atoms with Crippen LogP contribution < -0.4 is 0 Å². The lowest BCUT2D eigenvalue weighted by molar-refractivity contribution is -0.142. The van der Waals surface area contributed by atoms with Crippen LogP contribution in [0, 0.1) is 11.8 Å². The Kier molecular flexibility index (Phi) is 29.6. The first kappa shape index (κ1) is 36.5. The molecule has 0 aliphatic heterocycles. The summed E-state index contributed by atoms with van der Waals surface area (Å²) in [4.78, 5) is 11.7. The van der Waals surface area contributed by atoms with E-state index < -0.39 is 5.97 Å². The first-order valence-electron chi connectivity index (χ1n) is 17.3. The van der Waals surface area contributed by atoms with Gasteiger partial charge >= 0.3 is 5.97 Å². The summed E-state index contributed by atoms with van der Waals surface area (Å²) < 4.78 is 0. The highest BCUT2D eigenvalue weighted by atomic mass is 16.4. The van der Waals surface area contributed by atoms with Gasteiger partial charge in [0.2, 0.25) is 0 Å². The molecule has 2 unspecified atom stereocenters. The summed E-state index contributed by atoms with van der Waals surface area (Å²) in [6.07, 6.45) is 38.4. The van der Waals surface area contributed by atoms with Gasteiger partial charge in [-0.2, -0.15) is 0 Å². The van der Waals surface area contributed by atoms with E-state index >= 15 is 0 Å². The zero-order chi connectivity index (χ0) is 27.2. The molecule has 222 valence electrons. The lowest BCUT2D eigenvalue weighted by atomic mass is 9.91. The monoisotopic (exact) mass is 523 g/mol. The summed E-state index contributed by atoms with van der Waals surface area (Å²) in [5.41, 5.74) is 0. The molecule has 0 heterocycles. The normalized spacial score (nSPS) is 13.2. The topological polar surface area (TPSA) is 37.3 Å². The number of hydrogen-bond acceptors (Lipinski definition) is 1. The number of unbranched alkanes of at least 4 members (excludes halogenated alkanes) is 22. The summed E-state index contributed by atoms with van der Waals surface area (Å²) in [5.74, 6) is 0.0865. The molecule has 37 heavy (non-hydrogen) atoms. The summed E-state index contributed by atoms with van der Waals surface area (Å²) in [5, 5.41) is 9.65. The van der Waals surface area contributed by atoms with Gasteiger partial charge in [-0.1, -0.05) is 194 Å². The van der Waals surface area contributed by atoms with Crippen LogP contribution in [0.5, 0.6) is 0 Å². The summed E-state index contributed by atoms with van der Waals surface area (Å²) >= 11 is 0. The molecular weight excluding hydrogens is 452 g/mol. The van der Waals surface area contributed by atoms with Crippen molar-refractivity contribution in [3.05, 3.63) is 0 Å². The molecule has 0 aliphatic rings. The van der Waals surface area contributed by atoms with E-state index in [1.54, 1.807) is 0 Å². The van der Waals surface area contributed by atoms with Crippen LogP contribution in [-0.2, 0) is 4.79 Å². The van der Waals surface area contributed by atoms with E-state index in [1.807, 2.05) is 0 Å². The fourth-order valence-corrected chi connectivity index (χ4v) is 5.81. The largest absolute Gasteiger partial charge is 0.481 e. The van der Waals surface area contributed by atoms with Crippen molar-refractivity contribution in [2.24, 2.45) is 11.8 Å². The van der Waals surface area contributed by atoms with E-state index in [-0.39, 0.29) is 5.92 Å². The first-order valence-corrected chi connectivity index (χ1v) is 17.3. The minimum Gasteiger partial charge on any atom is -0.481 e. The van der Waals surface area contributed by atoms with Gasteiger partial charge in [-0.15, -0.1) is 0 Å². The quantitative estimate of drug-likeness (QED) is 0.0919. The molecular formula is C35H70O2. The number of carboxylic acids is 1. The highest BCUT2D eigenvalue weighted by molar-refractivity contribution is 5.69. The molecule has 0 rings (SSSR count). The van der Waals surface area contributed by atoms with Crippen molar-refractivity contribution in [1.82, 2.24) is 0 Å². The van der Waals surface area contributed by atoms with Crippen molar-refractivity contribution < 1.29 is 9.90 Å². The van der Waals surface area contributed by atoms with Gasteiger partial charge in [0.1, 0.15) is 0 Å². The third-order valence-corrected chi connectivity index (χ3v) is 8.56. The number of rotatable bonds is 31. The molecule has 0 aromatic heterocycles. The minimum absolute atomic E-state index is 0.109. The summed E-state index contributed by atoms with van der Waals surface area (Å²) in [6.45, 7) is 6.94. The van der Waals surface area contributed by atoms with Crippen molar-refractivity contribution in [2.45, 2.75) is 207 Å². The Bertz CT molecular complexity index is 447. The Morgan fingerprint density at radius 1 is 0.432 bits per heavy atom. The molecule has 0 radical (unpaired) electrons. The molecule has 0 aromatic carbocycles. The summed E-state index contributed by atoms with van der Waals surface area (Å²) in [7, 11) is 0. The van der Waals surface area contributed by atoms with Gasteiger partial charge in [0.25, 0.3) is 0 Å². The van der Waals surface area contributed by atoms with Crippen molar-refractivity contribution in [3.63, 3.8) is 0 Å². The number of carbonyl (C=O) groups is 1. The second-order valence-corrected chi connectivity index (χ2v) is 12.4. The van der Waals surface area contributed by atoms with E-state index in [1.165, 1.54) is 161 Å². The molecule has 0 saturated carbocycles. The van der Waals surface area contributed by atoms with Crippen LogP contribution in [-0.4, -0.2) is 11.1 Å². The van der Waals surface area contributed by atoms with Crippen molar-refractivity contribution >= 4 is 5.97 Å². The van der Waals surface area contributed by atoms with Crippen molar-refractivity contribution in [3.8, 4) is 0 Å². The van der Waals surface area contributed by atoms with E-state index in [0.717, 1.165) is 31.6 Å². The molecule has 1 N–H and O–H groups in total. The standard InChI is InChI=1S/C35H70O2/c1-4-6-8-10-12-14-16-17-18-19-21-23-25-27-31-34(35(36)37)32-28-30-33(3)29-26-24-22-20-15-13-11-9-7-5-2/h33-34H,4-32H2,1-3H3,(H,36,37). The van der Waals surface area contributed by atoms with Crippen LogP contribution in [0.2, 0.25) is 0 Å². The third kappa shape index (κ3) is 28.3. The molecule has 0 amide bonds. The maximum atomic E-state index is 11.7. The van der Waals surface area contributed by atoms with Gasteiger partial charge in [-0.05, 0) is 18.8 Å². The number of carboxylic acid groups (broad SMARTS) is 1. The van der Waals surface area contributed by atoms with Crippen molar-refractivity contribution in [2.75, 3.05) is 0 Å². The van der Waals surface area contributed by atoms with Gasteiger partial charge < -0.3 is 5.11 Å². The fraction of sp³-hybridized carbons (Fsp3) is 0.971. The van der Waals surface area contributed by atoms with E-state index in [0.29, 0.717) is 0 Å². The highest BCUT2D eigenvalue weighted by Crippen LogP contribution is 2.23. The van der Waals surface area contributed by atoms with E-state index in [4.69, 9.17) is 0 Å². The SMILES string of the molecule is CCCCCCCCCCCCCCCCC(CCCC(C)CCCCCCCCCCCC)C(=O)O. The second kappa shape index (κ2) is 30.0. The average Bonchev–Trinajstić information content (AvgIpc) is 2.88. The van der Waals surface area contributed by atoms with Gasteiger partial charge in [0.05, 0.1) is 5.92 Å². The maximum Gasteiger partial charge on any atom is 0.306 e. The number of aliphatic carboxylic acids is 1. The van der Waals surface area contributed by atoms with Crippen LogP contribution >= 0.6 is 0 Å². The van der Waals surface area contributed by atoms with E-state index in [9.17, 15) is 9.90 Å². The zero-order valence-electron chi connectivity index (χ0n) is 26.0. The van der Waals surface area contributed by atoms with Crippen LogP contribution in [0.25, 0.3) is 0 Å². The predicted octanol–water partition coefficient (Wildman–Crippen LogP) is 12.7. The fourth-order valence-electron chi connectivity index (χ4n) is 5.81. The Hall–Kier alpha value is -0.530. The lowest BCUT2D eigenvalue weighted by Gasteiger charge is -2.15. The number of hydrogen-bond donors (Lipinski definition) is 1. The molecule has 0 spiro atoms. The first-order chi connectivity index (χ1) is 18.1. The van der Waals surface area contributed by atoms with Crippen LogP contribution in [0.3, 0.4) is 0 Å². The molecule has 2 atom stereocenters. The second-order valence-electron chi connectivity index (χ2n) is 12.4. The molecule has 0 bridgehead atoms. The van der Waals surface area contributed by atoms with Gasteiger partial charge in [-0.25, -0.2) is 0 Å². The van der Waals surface area contributed by atoms with Crippen LogP contribution in [0.1, 0.15) is 207 Å². The van der Waals surface area contributed by atoms with Crippen molar-refractivity contribution in [1.29, 1.82) is 0 Å². The maximum absolute atomic E-state index is 11.7. The minimum atomic E-state index is -0.558. The van der Waals surface area contributed by atoms with E-state index in [2.05, 4.69) is 20.8 Å². The average molecular weight is 523 g/mol. The highest BCUT2D eigenvalue weighted by Gasteiger charge is 2.17. The molecule has 2 heteroatoms. The predicted molar refractivity (Wildman–Crippen MR) is 166 cm³/mol. The molecule has 0 aliphatic carbocycles. The molecule has 2 nitrogen and oxygen atoms in total. The van der Waals surface area contributed by atoms with Gasteiger partial charge in [0, 0.05) is 0 Å². The molecule has 0 saturated heterocycles.